The Kier molecular flexibility index (Phi) is 5.42. The van der Waals surface area contributed by atoms with E-state index in [0.29, 0.717) is 0 Å². The monoisotopic (exact) mass is 371 g/mol. The molecule has 1 aromatic carbocycles. The Labute approximate surface area is 160 Å². The molecule has 1 aromatic rings. The number of rotatable bonds is 4. The molecule has 2 aliphatic carbocycles. The highest BCUT2D eigenvalue weighted by atomic mass is 31.1. The summed E-state index contributed by atoms with van der Waals surface area (Å²) < 4.78 is 6.15. The van der Waals surface area contributed by atoms with E-state index in [1.54, 1.807) is 5.30 Å². The van der Waals surface area contributed by atoms with Crippen LogP contribution in [0.4, 0.5) is 0 Å². The highest BCUT2D eigenvalue weighted by Crippen LogP contribution is 2.56. The fourth-order valence-corrected chi connectivity index (χ4v) is 8.83. The Morgan fingerprint density at radius 3 is 2.04 bits per heavy atom. The molecule has 2 nitrogen and oxygen atoms in total. The summed E-state index contributed by atoms with van der Waals surface area (Å²) >= 11 is 0. The number of ether oxygens (including phenoxy) is 1. The minimum Gasteiger partial charge on any atom is -0.475 e. The Hall–Kier alpha value is -0.880. The molecule has 1 atom stereocenters. The molecule has 0 radical (unpaired) electrons. The van der Waals surface area contributed by atoms with Crippen molar-refractivity contribution in [3.05, 3.63) is 29.8 Å². The zero-order chi connectivity index (χ0) is 18.1. The van der Waals surface area contributed by atoms with Crippen molar-refractivity contribution < 1.29 is 4.74 Å². The summed E-state index contributed by atoms with van der Waals surface area (Å²) in [5, 5.41) is 1.59. The average molecular weight is 372 g/mol. The van der Waals surface area contributed by atoms with Gasteiger partial charge >= 0.3 is 0 Å². The maximum Gasteiger partial charge on any atom is 0.217 e. The van der Waals surface area contributed by atoms with Crippen LogP contribution < -0.4 is 5.30 Å². The molecule has 2 saturated carbocycles. The molecule has 142 valence electrons. The first-order valence-electron chi connectivity index (χ1n) is 10.6. The molecule has 0 bridgehead atoms. The molecule has 3 heteroatoms. The maximum absolute atomic E-state index is 6.15. The first-order chi connectivity index (χ1) is 12.5. The molecule has 0 aromatic heterocycles. The van der Waals surface area contributed by atoms with Crippen LogP contribution in [0.5, 0.6) is 0 Å². The minimum absolute atomic E-state index is 0.0981. The van der Waals surface area contributed by atoms with Crippen LogP contribution in [0.3, 0.4) is 0 Å². The van der Waals surface area contributed by atoms with Gasteiger partial charge in [-0.3, -0.25) is 0 Å². The van der Waals surface area contributed by atoms with Crippen molar-refractivity contribution >= 4 is 19.1 Å². The van der Waals surface area contributed by atoms with Gasteiger partial charge in [-0.15, -0.1) is 0 Å². The van der Waals surface area contributed by atoms with E-state index >= 15 is 0 Å². The second kappa shape index (κ2) is 7.63. The number of aliphatic imine (C=N–C) groups is 1. The minimum atomic E-state index is -0.0981. The van der Waals surface area contributed by atoms with Gasteiger partial charge in [0.05, 0.1) is 6.04 Å². The summed E-state index contributed by atoms with van der Waals surface area (Å²) in [6, 6.07) is 9.38. The zero-order valence-corrected chi connectivity index (χ0v) is 17.6. The first kappa shape index (κ1) is 18.5. The van der Waals surface area contributed by atoms with Gasteiger partial charge in [0.25, 0.3) is 0 Å². The van der Waals surface area contributed by atoms with E-state index in [0.717, 1.165) is 23.8 Å². The van der Waals surface area contributed by atoms with Crippen LogP contribution in [0.25, 0.3) is 0 Å². The lowest BCUT2D eigenvalue weighted by Crippen LogP contribution is -2.25. The number of hydrogen-bond acceptors (Lipinski definition) is 2. The summed E-state index contributed by atoms with van der Waals surface area (Å²) in [7, 11) is -0.0981. The standard InChI is InChI=1S/C23H34NOP/c1-23(2,3)21-16-25-22(24-21)19-14-8-9-15-20(19)26(17-10-4-5-11-17)18-12-6-7-13-18/h8-9,14-15,17-18,21H,4-7,10-13,16H2,1-3H3. The van der Waals surface area contributed by atoms with Crippen molar-refractivity contribution in [1.29, 1.82) is 0 Å². The Balaban J connectivity index is 1.69. The topological polar surface area (TPSA) is 21.6 Å². The van der Waals surface area contributed by atoms with E-state index in [1.165, 1.54) is 56.9 Å². The second-order valence-electron chi connectivity index (χ2n) is 9.43. The van der Waals surface area contributed by atoms with Crippen molar-refractivity contribution in [2.24, 2.45) is 10.4 Å². The lowest BCUT2D eigenvalue weighted by atomic mass is 9.88. The molecular weight excluding hydrogens is 337 g/mol. The van der Waals surface area contributed by atoms with Crippen LogP contribution in [0, 0.1) is 5.41 Å². The van der Waals surface area contributed by atoms with Crippen LogP contribution in [0.2, 0.25) is 0 Å². The van der Waals surface area contributed by atoms with Gasteiger partial charge in [0.15, 0.2) is 0 Å². The summed E-state index contributed by atoms with van der Waals surface area (Å²) in [5.74, 6) is 0.920. The van der Waals surface area contributed by atoms with Gasteiger partial charge < -0.3 is 4.74 Å². The fourth-order valence-electron chi connectivity index (χ4n) is 4.90. The average Bonchev–Trinajstić information content (AvgIpc) is 3.38. The quantitative estimate of drug-likeness (QED) is 0.607. The maximum atomic E-state index is 6.15. The number of hydrogen-bond donors (Lipinski definition) is 0. The van der Waals surface area contributed by atoms with E-state index in [9.17, 15) is 0 Å². The fraction of sp³-hybridized carbons (Fsp3) is 0.696. The van der Waals surface area contributed by atoms with E-state index in [1.807, 2.05) is 0 Å². The van der Waals surface area contributed by atoms with Crippen molar-refractivity contribution in [2.75, 3.05) is 6.61 Å². The van der Waals surface area contributed by atoms with Gasteiger partial charge in [0.2, 0.25) is 5.90 Å². The van der Waals surface area contributed by atoms with Gasteiger partial charge in [-0.25, -0.2) is 4.99 Å². The first-order valence-corrected chi connectivity index (χ1v) is 12.1. The van der Waals surface area contributed by atoms with Crippen LogP contribution in [0.1, 0.15) is 77.7 Å². The Morgan fingerprint density at radius 2 is 1.50 bits per heavy atom. The third kappa shape index (κ3) is 3.72. The molecule has 0 N–H and O–H groups in total. The van der Waals surface area contributed by atoms with Gasteiger partial charge in [0.1, 0.15) is 6.61 Å². The van der Waals surface area contributed by atoms with Gasteiger partial charge in [-0.1, -0.05) is 72.6 Å². The molecule has 1 heterocycles. The number of benzene rings is 1. The molecule has 1 unspecified atom stereocenters. The van der Waals surface area contributed by atoms with Gasteiger partial charge in [-0.05, 0) is 53.8 Å². The van der Waals surface area contributed by atoms with E-state index in [4.69, 9.17) is 9.73 Å². The second-order valence-corrected chi connectivity index (χ2v) is 12.2. The van der Waals surface area contributed by atoms with Gasteiger partial charge in [0, 0.05) is 5.56 Å². The largest absolute Gasteiger partial charge is 0.475 e. The molecule has 2 fully saturated rings. The predicted octanol–water partition coefficient (Wildman–Crippen LogP) is 5.87. The molecule has 0 spiro atoms. The molecule has 1 aliphatic heterocycles. The van der Waals surface area contributed by atoms with Crippen molar-refractivity contribution in [2.45, 2.75) is 89.5 Å². The Morgan fingerprint density at radius 1 is 0.923 bits per heavy atom. The van der Waals surface area contributed by atoms with Crippen molar-refractivity contribution in [1.82, 2.24) is 0 Å². The van der Waals surface area contributed by atoms with Crippen LogP contribution in [-0.2, 0) is 4.74 Å². The summed E-state index contributed by atoms with van der Waals surface area (Å²) in [6.07, 6.45) is 11.5. The Bertz CT molecular complexity index is 634. The lowest BCUT2D eigenvalue weighted by molar-refractivity contribution is 0.236. The zero-order valence-electron chi connectivity index (χ0n) is 16.7. The molecule has 4 rings (SSSR count). The molecule has 26 heavy (non-hydrogen) atoms. The summed E-state index contributed by atoms with van der Waals surface area (Å²) in [6.45, 7) is 7.54. The smallest absolute Gasteiger partial charge is 0.217 e. The van der Waals surface area contributed by atoms with E-state index in [2.05, 4.69) is 45.0 Å². The van der Waals surface area contributed by atoms with E-state index in [-0.39, 0.29) is 19.4 Å². The number of nitrogens with zero attached hydrogens (tertiary/aromatic N) is 1. The third-order valence-electron chi connectivity index (χ3n) is 6.50. The summed E-state index contributed by atoms with van der Waals surface area (Å²) in [5.41, 5.74) is 3.33. The summed E-state index contributed by atoms with van der Waals surface area (Å²) in [4.78, 5) is 5.03. The molecule has 0 saturated heterocycles. The SMILES string of the molecule is CC(C)(C)C1COC(c2ccccc2P(C2CCCC2)C2CCCC2)=N1. The van der Waals surface area contributed by atoms with Gasteiger partial charge in [-0.2, -0.15) is 0 Å². The highest BCUT2D eigenvalue weighted by Gasteiger charge is 2.37. The normalized spacial score (nSPS) is 25.1. The lowest BCUT2D eigenvalue weighted by Gasteiger charge is -2.32. The highest BCUT2D eigenvalue weighted by molar-refractivity contribution is 7.67. The van der Waals surface area contributed by atoms with Crippen molar-refractivity contribution in [3.63, 3.8) is 0 Å². The van der Waals surface area contributed by atoms with E-state index < -0.39 is 0 Å². The molecular formula is C23H34NOP. The van der Waals surface area contributed by atoms with Crippen LogP contribution >= 0.6 is 7.92 Å². The molecule has 0 amide bonds. The third-order valence-corrected chi connectivity index (χ3v) is 10.1. The molecule has 3 aliphatic rings. The van der Waals surface area contributed by atoms with Crippen LogP contribution in [0.15, 0.2) is 29.3 Å². The predicted molar refractivity (Wildman–Crippen MR) is 113 cm³/mol. The van der Waals surface area contributed by atoms with Crippen molar-refractivity contribution in [3.8, 4) is 0 Å². The van der Waals surface area contributed by atoms with Crippen LogP contribution in [-0.4, -0.2) is 29.9 Å².